The van der Waals surface area contributed by atoms with Gasteiger partial charge in [-0.25, -0.2) is 12.8 Å². The topological polar surface area (TPSA) is 66.5 Å². The van der Waals surface area contributed by atoms with Crippen molar-refractivity contribution >= 4 is 27.5 Å². The largest absolute Gasteiger partial charge is 0.352 e. The van der Waals surface area contributed by atoms with Gasteiger partial charge in [0.1, 0.15) is 5.82 Å². The van der Waals surface area contributed by atoms with Crippen LogP contribution in [0.3, 0.4) is 0 Å². The third-order valence-corrected chi connectivity index (χ3v) is 6.72. The van der Waals surface area contributed by atoms with Crippen LogP contribution in [0.15, 0.2) is 53.4 Å². The van der Waals surface area contributed by atoms with Gasteiger partial charge >= 0.3 is 0 Å². The summed E-state index contributed by atoms with van der Waals surface area (Å²) in [5.41, 5.74) is 0.784. The van der Waals surface area contributed by atoms with Gasteiger partial charge in [0.15, 0.2) is 0 Å². The van der Waals surface area contributed by atoms with Crippen LogP contribution in [0.25, 0.3) is 0 Å². The molecule has 1 amide bonds. The van der Waals surface area contributed by atoms with Crippen LogP contribution >= 0.6 is 11.6 Å². The van der Waals surface area contributed by atoms with E-state index in [2.05, 4.69) is 5.32 Å². The summed E-state index contributed by atoms with van der Waals surface area (Å²) in [4.78, 5) is 12.6. The predicted octanol–water partition coefficient (Wildman–Crippen LogP) is 3.20. The van der Waals surface area contributed by atoms with E-state index in [0.717, 1.165) is 5.56 Å². The van der Waals surface area contributed by atoms with Gasteiger partial charge in [0.05, 0.1) is 10.8 Å². The van der Waals surface area contributed by atoms with Crippen molar-refractivity contribution in [1.29, 1.82) is 0 Å². The molecule has 1 saturated heterocycles. The van der Waals surface area contributed by atoms with Gasteiger partial charge in [-0.1, -0.05) is 23.7 Å². The Labute approximate surface area is 163 Å². The Morgan fingerprint density at radius 3 is 2.48 bits per heavy atom. The van der Waals surface area contributed by atoms with Crippen molar-refractivity contribution in [2.75, 3.05) is 13.1 Å². The Morgan fingerprint density at radius 2 is 1.81 bits per heavy atom. The molecule has 1 aliphatic rings. The Balaban J connectivity index is 1.63. The molecule has 0 spiro atoms. The van der Waals surface area contributed by atoms with E-state index in [9.17, 15) is 17.6 Å². The molecule has 0 unspecified atom stereocenters. The molecule has 2 aromatic carbocycles. The summed E-state index contributed by atoms with van der Waals surface area (Å²) >= 11 is 5.82. The molecule has 0 aliphatic carbocycles. The van der Waals surface area contributed by atoms with E-state index >= 15 is 0 Å². The number of carbonyl (C=O) groups excluding carboxylic acids is 1. The SMILES string of the molecule is O=C(NCc1ccc(F)cc1)[C@@H]1CCCN(S(=O)(=O)c2ccc(Cl)cc2)C1. The fourth-order valence-corrected chi connectivity index (χ4v) is 4.72. The number of piperidine rings is 1. The van der Waals surface area contributed by atoms with Crippen molar-refractivity contribution in [3.63, 3.8) is 0 Å². The number of halogens is 2. The molecule has 1 aliphatic heterocycles. The standard InChI is InChI=1S/C19H20ClFN2O3S/c20-16-5-9-18(10-6-16)27(25,26)23-11-1-2-15(13-23)19(24)22-12-14-3-7-17(21)8-4-14/h3-10,15H,1-2,11-13H2,(H,22,24)/t15-/m1/s1. The third-order valence-electron chi connectivity index (χ3n) is 4.59. The number of nitrogens with one attached hydrogen (secondary N) is 1. The van der Waals surface area contributed by atoms with E-state index in [4.69, 9.17) is 11.6 Å². The molecule has 0 aromatic heterocycles. The molecule has 0 saturated carbocycles. The minimum atomic E-state index is -3.66. The third kappa shape index (κ3) is 4.86. The van der Waals surface area contributed by atoms with Crippen LogP contribution in [0.2, 0.25) is 5.02 Å². The van der Waals surface area contributed by atoms with E-state index in [-0.39, 0.29) is 29.7 Å². The summed E-state index contributed by atoms with van der Waals surface area (Å²) in [5, 5.41) is 3.27. The highest BCUT2D eigenvalue weighted by Gasteiger charge is 2.33. The summed E-state index contributed by atoms with van der Waals surface area (Å²) in [6.07, 6.45) is 1.24. The van der Waals surface area contributed by atoms with Crippen molar-refractivity contribution in [1.82, 2.24) is 9.62 Å². The first-order chi connectivity index (χ1) is 12.9. The fourth-order valence-electron chi connectivity index (χ4n) is 3.07. The van der Waals surface area contributed by atoms with E-state index in [1.54, 1.807) is 12.1 Å². The van der Waals surface area contributed by atoms with Crippen LogP contribution < -0.4 is 5.32 Å². The maximum absolute atomic E-state index is 12.9. The molecular formula is C19H20ClFN2O3S. The predicted molar refractivity (Wildman–Crippen MR) is 101 cm³/mol. The molecule has 5 nitrogen and oxygen atoms in total. The van der Waals surface area contributed by atoms with Crippen molar-refractivity contribution in [2.24, 2.45) is 5.92 Å². The van der Waals surface area contributed by atoms with E-state index in [0.29, 0.717) is 24.4 Å². The highest BCUT2D eigenvalue weighted by atomic mass is 35.5. The Morgan fingerprint density at radius 1 is 1.15 bits per heavy atom. The van der Waals surface area contributed by atoms with E-state index in [1.165, 1.54) is 40.7 Å². The van der Waals surface area contributed by atoms with E-state index < -0.39 is 15.9 Å². The molecular weight excluding hydrogens is 391 g/mol. The van der Waals surface area contributed by atoms with Gasteiger partial charge in [-0.15, -0.1) is 0 Å². The van der Waals surface area contributed by atoms with E-state index in [1.807, 2.05) is 0 Å². The smallest absolute Gasteiger partial charge is 0.243 e. The molecule has 0 bridgehead atoms. The number of hydrogen-bond acceptors (Lipinski definition) is 3. The van der Waals surface area contributed by atoms with Crippen molar-refractivity contribution in [2.45, 2.75) is 24.3 Å². The lowest BCUT2D eigenvalue weighted by molar-refractivity contribution is -0.126. The summed E-state index contributed by atoms with van der Waals surface area (Å²) in [5.74, 6) is -0.947. The number of carbonyl (C=O) groups is 1. The second-order valence-corrected chi connectivity index (χ2v) is 8.87. The summed E-state index contributed by atoms with van der Waals surface area (Å²) in [6.45, 7) is 0.798. The highest BCUT2D eigenvalue weighted by molar-refractivity contribution is 7.89. The maximum atomic E-state index is 12.9. The molecule has 27 heavy (non-hydrogen) atoms. The second-order valence-electron chi connectivity index (χ2n) is 6.50. The van der Waals surface area contributed by atoms with Crippen molar-refractivity contribution < 1.29 is 17.6 Å². The average molecular weight is 411 g/mol. The molecule has 3 rings (SSSR count). The number of benzene rings is 2. The minimum Gasteiger partial charge on any atom is -0.352 e. The van der Waals surface area contributed by atoms with Crippen LogP contribution in [0.1, 0.15) is 18.4 Å². The molecule has 144 valence electrons. The lowest BCUT2D eigenvalue weighted by Crippen LogP contribution is -2.45. The molecule has 2 aromatic rings. The molecule has 0 radical (unpaired) electrons. The second kappa shape index (κ2) is 8.37. The number of rotatable bonds is 5. The Kier molecular flexibility index (Phi) is 6.14. The van der Waals surface area contributed by atoms with Crippen molar-refractivity contribution in [3.05, 3.63) is 64.9 Å². The van der Waals surface area contributed by atoms with Crippen LogP contribution in [0.5, 0.6) is 0 Å². The first-order valence-corrected chi connectivity index (χ1v) is 10.5. The maximum Gasteiger partial charge on any atom is 0.243 e. The number of nitrogens with zero attached hydrogens (tertiary/aromatic N) is 1. The molecule has 1 heterocycles. The molecule has 1 N–H and O–H groups in total. The lowest BCUT2D eigenvalue weighted by Gasteiger charge is -2.31. The van der Waals surface area contributed by atoms with Gasteiger partial charge in [-0.3, -0.25) is 4.79 Å². The number of hydrogen-bond donors (Lipinski definition) is 1. The first kappa shape index (κ1) is 19.8. The summed E-state index contributed by atoms with van der Waals surface area (Å²) in [6, 6.07) is 11.9. The van der Waals surface area contributed by atoms with Gasteiger partial charge in [-0.2, -0.15) is 4.31 Å². The number of amides is 1. The lowest BCUT2D eigenvalue weighted by atomic mass is 9.99. The fraction of sp³-hybridized carbons (Fsp3) is 0.316. The van der Waals surface area contributed by atoms with Gasteiger partial charge in [0, 0.05) is 24.7 Å². The Hall–Kier alpha value is -1.96. The summed E-state index contributed by atoms with van der Waals surface area (Å²) < 4.78 is 39.9. The highest BCUT2D eigenvalue weighted by Crippen LogP contribution is 2.25. The molecule has 1 fully saturated rings. The van der Waals surface area contributed by atoms with Gasteiger partial charge < -0.3 is 5.32 Å². The Bertz CT molecular complexity index is 902. The van der Waals surface area contributed by atoms with Crippen LogP contribution in [0.4, 0.5) is 4.39 Å². The average Bonchev–Trinajstić information content (AvgIpc) is 2.68. The molecule has 1 atom stereocenters. The van der Waals surface area contributed by atoms with Crippen LogP contribution in [-0.2, 0) is 21.4 Å². The van der Waals surface area contributed by atoms with Gasteiger partial charge in [0.2, 0.25) is 15.9 Å². The zero-order valence-corrected chi connectivity index (χ0v) is 16.1. The monoisotopic (exact) mass is 410 g/mol. The normalized spacial score (nSPS) is 18.2. The van der Waals surface area contributed by atoms with Crippen LogP contribution in [0, 0.1) is 11.7 Å². The quantitative estimate of drug-likeness (QED) is 0.823. The van der Waals surface area contributed by atoms with Gasteiger partial charge in [0.25, 0.3) is 0 Å². The zero-order chi connectivity index (χ0) is 19.4. The first-order valence-electron chi connectivity index (χ1n) is 8.64. The van der Waals surface area contributed by atoms with Crippen molar-refractivity contribution in [3.8, 4) is 0 Å². The number of sulfonamides is 1. The molecule has 8 heteroatoms. The summed E-state index contributed by atoms with van der Waals surface area (Å²) in [7, 11) is -3.66. The van der Waals surface area contributed by atoms with Gasteiger partial charge in [-0.05, 0) is 54.8 Å². The minimum absolute atomic E-state index is 0.139. The zero-order valence-electron chi connectivity index (χ0n) is 14.6. The van der Waals surface area contributed by atoms with Crippen LogP contribution in [-0.4, -0.2) is 31.7 Å².